The number of likely N-dealkylation sites (tertiary alicyclic amines) is 1. The van der Waals surface area contributed by atoms with Gasteiger partial charge in [0.15, 0.2) is 0 Å². The Bertz CT molecular complexity index is 407. The molecular weight excluding hydrogens is 222 g/mol. The summed E-state index contributed by atoms with van der Waals surface area (Å²) in [6, 6.07) is 13.6. The molecule has 0 radical (unpaired) electrons. The van der Waals surface area contributed by atoms with Gasteiger partial charge in [0.05, 0.1) is 12.5 Å². The lowest BCUT2D eigenvalue weighted by Gasteiger charge is -2.27. The lowest BCUT2D eigenvalue weighted by molar-refractivity contribution is 0.218. The van der Waals surface area contributed by atoms with Crippen molar-refractivity contribution in [1.82, 2.24) is 9.80 Å². The first-order chi connectivity index (χ1) is 8.72. The van der Waals surface area contributed by atoms with Crippen LogP contribution in [0.1, 0.15) is 24.4 Å². The molecule has 0 spiro atoms. The molecule has 0 amide bonds. The number of rotatable bonds is 4. The minimum absolute atomic E-state index is 0.251. The molecule has 0 aromatic heterocycles. The van der Waals surface area contributed by atoms with Gasteiger partial charge in [-0.3, -0.25) is 4.90 Å². The summed E-state index contributed by atoms with van der Waals surface area (Å²) < 4.78 is 0. The molecule has 0 aliphatic carbocycles. The fraction of sp³-hybridized carbons (Fsp3) is 0.533. The van der Waals surface area contributed by atoms with Gasteiger partial charge in [-0.05, 0) is 26.1 Å². The summed E-state index contributed by atoms with van der Waals surface area (Å²) in [5, 5.41) is 9.05. The third-order valence-corrected chi connectivity index (χ3v) is 3.83. The van der Waals surface area contributed by atoms with Gasteiger partial charge in [0, 0.05) is 25.2 Å². The van der Waals surface area contributed by atoms with Gasteiger partial charge in [-0.2, -0.15) is 5.26 Å². The highest BCUT2D eigenvalue weighted by Gasteiger charge is 2.29. The lowest BCUT2D eigenvalue weighted by Crippen LogP contribution is -2.33. The molecule has 3 heteroatoms. The molecule has 0 saturated carbocycles. The Labute approximate surface area is 110 Å². The van der Waals surface area contributed by atoms with Crippen molar-refractivity contribution in [2.75, 3.05) is 27.2 Å². The molecule has 1 aliphatic rings. The highest BCUT2D eigenvalue weighted by Crippen LogP contribution is 2.28. The Kier molecular flexibility index (Phi) is 4.35. The van der Waals surface area contributed by atoms with Gasteiger partial charge >= 0.3 is 0 Å². The van der Waals surface area contributed by atoms with Crippen molar-refractivity contribution in [3.05, 3.63) is 35.9 Å². The molecule has 1 saturated heterocycles. The van der Waals surface area contributed by atoms with Gasteiger partial charge in [0.2, 0.25) is 0 Å². The molecule has 0 bridgehead atoms. The van der Waals surface area contributed by atoms with Gasteiger partial charge in [-0.1, -0.05) is 30.3 Å². The van der Waals surface area contributed by atoms with Crippen LogP contribution in [0.25, 0.3) is 0 Å². The monoisotopic (exact) mass is 243 g/mol. The summed E-state index contributed by atoms with van der Waals surface area (Å²) in [5.41, 5.74) is 1.26. The van der Waals surface area contributed by atoms with Gasteiger partial charge < -0.3 is 4.90 Å². The average Bonchev–Trinajstić information content (AvgIpc) is 2.86. The van der Waals surface area contributed by atoms with E-state index in [4.69, 9.17) is 5.26 Å². The van der Waals surface area contributed by atoms with Crippen LogP contribution in [0.15, 0.2) is 30.3 Å². The molecule has 2 atom stereocenters. The first kappa shape index (κ1) is 13.1. The summed E-state index contributed by atoms with van der Waals surface area (Å²) in [7, 11) is 4.27. The second kappa shape index (κ2) is 5.99. The summed E-state index contributed by atoms with van der Waals surface area (Å²) in [6.07, 6.45) is 1.77. The summed E-state index contributed by atoms with van der Waals surface area (Å²) in [4.78, 5) is 4.73. The van der Waals surface area contributed by atoms with E-state index in [9.17, 15) is 0 Å². The zero-order valence-electron chi connectivity index (χ0n) is 11.2. The highest BCUT2D eigenvalue weighted by molar-refractivity contribution is 5.20. The lowest BCUT2D eigenvalue weighted by atomic mass is 10.0. The van der Waals surface area contributed by atoms with Gasteiger partial charge in [0.1, 0.15) is 0 Å². The van der Waals surface area contributed by atoms with E-state index < -0.39 is 0 Å². The van der Waals surface area contributed by atoms with Crippen LogP contribution in [0.5, 0.6) is 0 Å². The largest absolute Gasteiger partial charge is 0.305 e. The number of likely N-dealkylation sites (N-methyl/N-ethyl adjacent to an activating group) is 1. The zero-order chi connectivity index (χ0) is 13.0. The molecule has 1 aromatic rings. The van der Waals surface area contributed by atoms with Gasteiger partial charge in [-0.15, -0.1) is 0 Å². The SMILES string of the molecule is CN(C)C1CCN(C(CC#N)c2ccccc2)C1. The predicted octanol–water partition coefficient (Wildman–Crippen LogP) is 2.28. The smallest absolute Gasteiger partial charge is 0.0641 e. The quantitative estimate of drug-likeness (QED) is 0.812. The van der Waals surface area contributed by atoms with Crippen LogP contribution in [0, 0.1) is 11.3 Å². The Morgan fingerprint density at radius 2 is 2.11 bits per heavy atom. The first-order valence-corrected chi connectivity index (χ1v) is 6.54. The van der Waals surface area contributed by atoms with Crippen molar-refractivity contribution in [1.29, 1.82) is 5.26 Å². The van der Waals surface area contributed by atoms with Crippen LogP contribution < -0.4 is 0 Å². The topological polar surface area (TPSA) is 30.3 Å². The third kappa shape index (κ3) is 2.90. The molecule has 2 rings (SSSR count). The average molecular weight is 243 g/mol. The number of benzene rings is 1. The Morgan fingerprint density at radius 3 is 2.67 bits per heavy atom. The molecule has 1 fully saturated rings. The number of nitriles is 1. The molecule has 1 aromatic carbocycles. The first-order valence-electron chi connectivity index (χ1n) is 6.54. The number of hydrogen-bond donors (Lipinski definition) is 0. The van der Waals surface area contributed by atoms with Gasteiger partial charge in [-0.25, -0.2) is 0 Å². The second-order valence-electron chi connectivity index (χ2n) is 5.19. The minimum atomic E-state index is 0.251. The molecule has 3 nitrogen and oxygen atoms in total. The Balaban J connectivity index is 2.10. The second-order valence-corrected chi connectivity index (χ2v) is 5.19. The molecule has 1 heterocycles. The fourth-order valence-corrected chi connectivity index (χ4v) is 2.69. The van der Waals surface area contributed by atoms with E-state index in [2.05, 4.69) is 54.2 Å². The van der Waals surface area contributed by atoms with E-state index in [0.29, 0.717) is 12.5 Å². The zero-order valence-corrected chi connectivity index (χ0v) is 11.2. The molecular formula is C15H21N3. The van der Waals surface area contributed by atoms with Crippen molar-refractivity contribution in [2.24, 2.45) is 0 Å². The normalized spacial score (nSPS) is 22.0. The van der Waals surface area contributed by atoms with Crippen molar-refractivity contribution in [3.63, 3.8) is 0 Å². The Hall–Kier alpha value is -1.37. The molecule has 18 heavy (non-hydrogen) atoms. The maximum atomic E-state index is 9.05. The maximum Gasteiger partial charge on any atom is 0.0641 e. The molecule has 96 valence electrons. The van der Waals surface area contributed by atoms with Crippen LogP contribution in [0.4, 0.5) is 0 Å². The maximum absolute atomic E-state index is 9.05. The molecule has 1 aliphatic heterocycles. The van der Waals surface area contributed by atoms with E-state index in [1.165, 1.54) is 12.0 Å². The highest BCUT2D eigenvalue weighted by atomic mass is 15.2. The number of nitrogens with zero attached hydrogens (tertiary/aromatic N) is 3. The summed E-state index contributed by atoms with van der Waals surface area (Å²) >= 11 is 0. The Morgan fingerprint density at radius 1 is 1.39 bits per heavy atom. The molecule has 2 unspecified atom stereocenters. The van der Waals surface area contributed by atoms with Crippen molar-refractivity contribution in [2.45, 2.75) is 24.9 Å². The van der Waals surface area contributed by atoms with E-state index >= 15 is 0 Å². The van der Waals surface area contributed by atoms with Crippen LogP contribution in [-0.4, -0.2) is 43.0 Å². The van der Waals surface area contributed by atoms with E-state index in [1.807, 2.05) is 6.07 Å². The van der Waals surface area contributed by atoms with Crippen LogP contribution in [-0.2, 0) is 0 Å². The van der Waals surface area contributed by atoms with Crippen LogP contribution in [0.3, 0.4) is 0 Å². The standard InChI is InChI=1S/C15H21N3/c1-17(2)14-9-11-18(12-14)15(8-10-16)13-6-4-3-5-7-13/h3-7,14-15H,8-9,11-12H2,1-2H3. The molecule has 0 N–H and O–H groups in total. The fourth-order valence-electron chi connectivity index (χ4n) is 2.69. The van der Waals surface area contributed by atoms with Crippen molar-refractivity contribution >= 4 is 0 Å². The van der Waals surface area contributed by atoms with Gasteiger partial charge in [0.25, 0.3) is 0 Å². The minimum Gasteiger partial charge on any atom is -0.305 e. The van der Waals surface area contributed by atoms with E-state index in [0.717, 1.165) is 13.1 Å². The van der Waals surface area contributed by atoms with Crippen molar-refractivity contribution < 1.29 is 0 Å². The third-order valence-electron chi connectivity index (χ3n) is 3.83. The summed E-state index contributed by atoms with van der Waals surface area (Å²) in [5.74, 6) is 0. The van der Waals surface area contributed by atoms with Crippen molar-refractivity contribution in [3.8, 4) is 6.07 Å². The van der Waals surface area contributed by atoms with E-state index in [1.54, 1.807) is 0 Å². The van der Waals surface area contributed by atoms with Crippen LogP contribution in [0.2, 0.25) is 0 Å². The number of hydrogen-bond acceptors (Lipinski definition) is 3. The van der Waals surface area contributed by atoms with E-state index in [-0.39, 0.29) is 6.04 Å². The summed E-state index contributed by atoms with van der Waals surface area (Å²) in [6.45, 7) is 2.15. The predicted molar refractivity (Wildman–Crippen MR) is 73.1 cm³/mol. The van der Waals surface area contributed by atoms with Crippen LogP contribution >= 0.6 is 0 Å².